The first-order valence-corrected chi connectivity index (χ1v) is 9.72. The quantitative estimate of drug-likeness (QED) is 0.773. The van der Waals surface area contributed by atoms with Crippen molar-refractivity contribution in [2.75, 3.05) is 19.6 Å². The van der Waals surface area contributed by atoms with E-state index >= 15 is 0 Å². The molecule has 0 aliphatic carbocycles. The molecule has 2 aliphatic rings. The summed E-state index contributed by atoms with van der Waals surface area (Å²) >= 11 is 0. The predicted octanol–water partition coefficient (Wildman–Crippen LogP) is 3.77. The van der Waals surface area contributed by atoms with Gasteiger partial charge in [0.1, 0.15) is 5.70 Å². The summed E-state index contributed by atoms with van der Waals surface area (Å²) in [6.07, 6.45) is 2.25. The Morgan fingerprint density at radius 3 is 2.46 bits per heavy atom. The van der Waals surface area contributed by atoms with E-state index < -0.39 is 0 Å². The Kier molecular flexibility index (Phi) is 5.22. The molecule has 3 rings (SSSR count). The van der Waals surface area contributed by atoms with Gasteiger partial charge in [-0.3, -0.25) is 14.5 Å². The van der Waals surface area contributed by atoms with E-state index in [-0.39, 0.29) is 17.7 Å². The largest absolute Gasteiger partial charge is 0.366 e. The van der Waals surface area contributed by atoms with E-state index in [9.17, 15) is 9.59 Å². The molecule has 0 bridgehead atoms. The average Bonchev–Trinajstić information content (AvgIpc) is 2.81. The second-order valence-electron chi connectivity index (χ2n) is 8.33. The smallest absolute Gasteiger partial charge is 0.277 e. The molecule has 1 fully saturated rings. The second kappa shape index (κ2) is 7.26. The molecule has 2 amide bonds. The highest BCUT2D eigenvalue weighted by Crippen LogP contribution is 2.34. The lowest BCUT2D eigenvalue weighted by Crippen LogP contribution is -2.40. The maximum atomic E-state index is 13.2. The van der Waals surface area contributed by atoms with Crippen LogP contribution in [0.4, 0.5) is 0 Å². The molecule has 0 aromatic heterocycles. The third-order valence-electron chi connectivity index (χ3n) is 5.46. The van der Waals surface area contributed by atoms with E-state index in [1.54, 1.807) is 0 Å². The van der Waals surface area contributed by atoms with Gasteiger partial charge in [0.05, 0.1) is 5.57 Å². The molecule has 0 radical (unpaired) electrons. The van der Waals surface area contributed by atoms with Crippen molar-refractivity contribution >= 4 is 17.4 Å². The Labute approximate surface area is 156 Å². The zero-order chi connectivity index (χ0) is 19.0. The summed E-state index contributed by atoms with van der Waals surface area (Å²) in [4.78, 5) is 30.0. The summed E-state index contributed by atoms with van der Waals surface area (Å²) in [5, 5.41) is 0. The highest BCUT2D eigenvalue weighted by atomic mass is 16.2. The number of hydrogen-bond acceptors (Lipinski definition) is 3. The fourth-order valence-electron chi connectivity index (χ4n) is 3.94. The van der Waals surface area contributed by atoms with Crippen LogP contribution in [0.2, 0.25) is 0 Å². The number of piperidine rings is 1. The van der Waals surface area contributed by atoms with E-state index in [0.717, 1.165) is 30.6 Å². The number of likely N-dealkylation sites (tertiary alicyclic amines) is 1. The van der Waals surface area contributed by atoms with Crippen LogP contribution < -0.4 is 0 Å². The minimum absolute atomic E-state index is 0.119. The third kappa shape index (κ3) is 3.42. The topological polar surface area (TPSA) is 40.6 Å². The number of hydrogen-bond donors (Lipinski definition) is 0. The summed E-state index contributed by atoms with van der Waals surface area (Å²) in [7, 11) is 0. The number of benzene rings is 1. The molecule has 1 saturated heterocycles. The van der Waals surface area contributed by atoms with Crippen molar-refractivity contribution in [2.24, 2.45) is 11.8 Å². The van der Waals surface area contributed by atoms with Gasteiger partial charge in [0, 0.05) is 19.6 Å². The van der Waals surface area contributed by atoms with Crippen LogP contribution in [0.5, 0.6) is 0 Å². The minimum atomic E-state index is -0.139. The first-order chi connectivity index (χ1) is 12.3. The molecule has 1 unspecified atom stereocenters. The predicted molar refractivity (Wildman–Crippen MR) is 104 cm³/mol. The van der Waals surface area contributed by atoms with Gasteiger partial charge in [-0.1, -0.05) is 39.0 Å². The zero-order valence-electron chi connectivity index (χ0n) is 16.6. The van der Waals surface area contributed by atoms with Gasteiger partial charge in [-0.15, -0.1) is 0 Å². The van der Waals surface area contributed by atoms with Crippen molar-refractivity contribution in [1.29, 1.82) is 0 Å². The molecule has 0 spiro atoms. The van der Waals surface area contributed by atoms with Crippen molar-refractivity contribution in [1.82, 2.24) is 9.80 Å². The maximum Gasteiger partial charge on any atom is 0.277 e. The molecular weight excluding hydrogens is 324 g/mol. The molecule has 1 atom stereocenters. The highest BCUT2D eigenvalue weighted by Gasteiger charge is 2.42. The van der Waals surface area contributed by atoms with Gasteiger partial charge in [0.25, 0.3) is 11.8 Å². The van der Waals surface area contributed by atoms with Crippen molar-refractivity contribution in [3.05, 3.63) is 40.6 Å². The van der Waals surface area contributed by atoms with Crippen LogP contribution in [0.25, 0.3) is 5.57 Å². The van der Waals surface area contributed by atoms with Crippen LogP contribution in [0.15, 0.2) is 23.9 Å². The van der Waals surface area contributed by atoms with Gasteiger partial charge in [-0.25, -0.2) is 0 Å². The van der Waals surface area contributed by atoms with Crippen molar-refractivity contribution < 1.29 is 9.59 Å². The van der Waals surface area contributed by atoms with Crippen molar-refractivity contribution in [2.45, 2.75) is 47.5 Å². The number of nitrogens with zero attached hydrogens (tertiary/aromatic N) is 2. The fourth-order valence-corrected chi connectivity index (χ4v) is 3.94. The van der Waals surface area contributed by atoms with E-state index in [2.05, 4.69) is 25.7 Å². The Hall–Kier alpha value is -2.10. The highest BCUT2D eigenvalue weighted by molar-refractivity contribution is 6.35. The SMILES string of the molecule is Cc1ccc(C2=C(N3CCCC(C)C3)C(=O)N(CC(C)C)C2=O)cc1C. The monoisotopic (exact) mass is 354 g/mol. The molecule has 0 N–H and O–H groups in total. The van der Waals surface area contributed by atoms with Crippen molar-refractivity contribution in [3.63, 3.8) is 0 Å². The van der Waals surface area contributed by atoms with Gasteiger partial charge in [-0.2, -0.15) is 0 Å². The van der Waals surface area contributed by atoms with E-state index in [1.165, 1.54) is 16.9 Å². The summed E-state index contributed by atoms with van der Waals surface area (Å²) < 4.78 is 0. The first-order valence-electron chi connectivity index (χ1n) is 9.72. The molecule has 1 aromatic rings. The number of aryl methyl sites for hydroxylation is 2. The first kappa shape index (κ1) is 18.7. The maximum absolute atomic E-state index is 13.2. The molecule has 4 heteroatoms. The lowest BCUT2D eigenvalue weighted by molar-refractivity contribution is -0.138. The van der Waals surface area contributed by atoms with Gasteiger partial charge < -0.3 is 4.90 Å². The molecule has 140 valence electrons. The summed E-state index contributed by atoms with van der Waals surface area (Å²) in [6, 6.07) is 6.06. The Morgan fingerprint density at radius 2 is 1.85 bits per heavy atom. The van der Waals surface area contributed by atoms with E-state index in [4.69, 9.17) is 0 Å². The molecule has 4 nitrogen and oxygen atoms in total. The molecule has 2 heterocycles. The standard InChI is InChI=1S/C22H30N2O2/c1-14(2)12-24-21(25)19(18-9-8-16(4)17(5)11-18)20(22(24)26)23-10-6-7-15(3)13-23/h8-9,11,14-15H,6-7,10,12-13H2,1-5H3. The van der Waals surface area contributed by atoms with E-state index in [0.29, 0.717) is 23.7 Å². The number of imide groups is 1. The Balaban J connectivity index is 2.09. The van der Waals surface area contributed by atoms with Crippen molar-refractivity contribution in [3.8, 4) is 0 Å². The number of carbonyl (C=O) groups excluding carboxylic acids is 2. The van der Waals surface area contributed by atoms with Crippen LogP contribution in [0.3, 0.4) is 0 Å². The molecule has 1 aromatic carbocycles. The summed E-state index contributed by atoms with van der Waals surface area (Å²) in [6.45, 7) is 12.6. The molecule has 0 saturated carbocycles. The summed E-state index contributed by atoms with van der Waals surface area (Å²) in [5.41, 5.74) is 4.41. The van der Waals surface area contributed by atoms with Gasteiger partial charge in [0.15, 0.2) is 0 Å². The average molecular weight is 354 g/mol. The lowest BCUT2D eigenvalue weighted by atomic mass is 9.96. The van der Waals surface area contributed by atoms with Crippen LogP contribution in [0, 0.1) is 25.7 Å². The Morgan fingerprint density at radius 1 is 1.12 bits per heavy atom. The second-order valence-corrected chi connectivity index (χ2v) is 8.33. The lowest BCUT2D eigenvalue weighted by Gasteiger charge is -2.33. The van der Waals surface area contributed by atoms with Crippen LogP contribution in [-0.2, 0) is 9.59 Å². The van der Waals surface area contributed by atoms with Gasteiger partial charge in [0.2, 0.25) is 0 Å². The summed E-state index contributed by atoms with van der Waals surface area (Å²) in [5.74, 6) is 0.536. The van der Waals surface area contributed by atoms with E-state index in [1.807, 2.05) is 32.0 Å². The number of carbonyl (C=O) groups is 2. The Bertz CT molecular complexity index is 763. The molecular formula is C22H30N2O2. The number of rotatable bonds is 4. The zero-order valence-corrected chi connectivity index (χ0v) is 16.6. The van der Waals surface area contributed by atoms with Crippen LogP contribution >= 0.6 is 0 Å². The fraction of sp³-hybridized carbons (Fsp3) is 0.545. The van der Waals surface area contributed by atoms with Gasteiger partial charge >= 0.3 is 0 Å². The third-order valence-corrected chi connectivity index (χ3v) is 5.46. The minimum Gasteiger partial charge on any atom is -0.366 e. The normalized spacial score (nSPS) is 21.4. The molecule has 26 heavy (non-hydrogen) atoms. The van der Waals surface area contributed by atoms with Crippen LogP contribution in [-0.4, -0.2) is 41.2 Å². The molecule has 2 aliphatic heterocycles. The van der Waals surface area contributed by atoms with Gasteiger partial charge in [-0.05, 0) is 55.2 Å². The van der Waals surface area contributed by atoms with Crippen LogP contribution in [0.1, 0.15) is 50.3 Å². The number of amides is 2.